The fourth-order valence-corrected chi connectivity index (χ4v) is 3.36. The fraction of sp³-hybridized carbons (Fsp3) is 0.444. The van der Waals surface area contributed by atoms with E-state index < -0.39 is 0 Å². The predicted octanol–water partition coefficient (Wildman–Crippen LogP) is 2.28. The van der Waals surface area contributed by atoms with Crippen molar-refractivity contribution in [3.8, 4) is 11.8 Å². The Kier molecular flexibility index (Phi) is 3.89. The minimum absolute atomic E-state index is 0.0854. The van der Waals surface area contributed by atoms with Crippen LogP contribution in [0.3, 0.4) is 0 Å². The number of rotatable bonds is 2. The average Bonchev–Trinajstić information content (AvgIpc) is 3.23. The summed E-state index contributed by atoms with van der Waals surface area (Å²) in [4.78, 5) is 25.9. The molecule has 0 bridgehead atoms. The number of amides is 2. The standard InChI is InChI=1S/C18H20N2O2/c1-2-6-16(21)20-11-9-18(10-12-20)13-15(18)17(22)19-14-7-4-3-5-8-14/h3-5,7-8,15H,9-13H2,1H3,(H,19,22)/t15-/m0/s1. The molecule has 1 spiro atoms. The number of benzene rings is 1. The van der Waals surface area contributed by atoms with Gasteiger partial charge in [0.2, 0.25) is 5.91 Å². The lowest BCUT2D eigenvalue weighted by molar-refractivity contribution is -0.126. The molecular formula is C18H20N2O2. The third-order valence-electron chi connectivity index (χ3n) is 4.83. The number of para-hydroxylation sites is 1. The minimum Gasteiger partial charge on any atom is -0.332 e. The third-order valence-corrected chi connectivity index (χ3v) is 4.83. The van der Waals surface area contributed by atoms with Crippen LogP contribution >= 0.6 is 0 Å². The third kappa shape index (κ3) is 2.85. The van der Waals surface area contributed by atoms with Crippen molar-refractivity contribution in [2.24, 2.45) is 11.3 Å². The highest BCUT2D eigenvalue weighted by Crippen LogP contribution is 2.59. The average molecular weight is 296 g/mol. The minimum atomic E-state index is -0.0942. The zero-order chi connectivity index (χ0) is 15.6. The molecule has 1 aromatic carbocycles. The molecule has 22 heavy (non-hydrogen) atoms. The summed E-state index contributed by atoms with van der Waals surface area (Å²) in [6.45, 7) is 3.10. The lowest BCUT2D eigenvalue weighted by Gasteiger charge is -2.31. The summed E-state index contributed by atoms with van der Waals surface area (Å²) >= 11 is 0. The highest BCUT2D eigenvalue weighted by atomic mass is 16.2. The Morgan fingerprint density at radius 3 is 2.55 bits per heavy atom. The molecule has 2 fully saturated rings. The Balaban J connectivity index is 1.54. The van der Waals surface area contributed by atoms with E-state index in [0.29, 0.717) is 13.1 Å². The summed E-state index contributed by atoms with van der Waals surface area (Å²) in [6.07, 6.45) is 2.74. The fourth-order valence-electron chi connectivity index (χ4n) is 3.36. The summed E-state index contributed by atoms with van der Waals surface area (Å²) in [5.74, 6) is 5.34. The van der Waals surface area contributed by atoms with Gasteiger partial charge in [-0.15, -0.1) is 0 Å². The quantitative estimate of drug-likeness (QED) is 0.851. The Bertz CT molecular complexity index is 634. The van der Waals surface area contributed by atoms with E-state index in [4.69, 9.17) is 0 Å². The molecule has 0 aromatic heterocycles. The molecule has 0 unspecified atom stereocenters. The van der Waals surface area contributed by atoms with Gasteiger partial charge in [-0.25, -0.2) is 0 Å². The topological polar surface area (TPSA) is 49.4 Å². The van der Waals surface area contributed by atoms with Crippen LogP contribution in [0.5, 0.6) is 0 Å². The van der Waals surface area contributed by atoms with Crippen LogP contribution in [0.4, 0.5) is 5.69 Å². The number of carbonyl (C=O) groups is 2. The second-order valence-electron chi connectivity index (χ2n) is 6.14. The number of hydrogen-bond donors (Lipinski definition) is 1. The second-order valence-corrected chi connectivity index (χ2v) is 6.14. The number of hydrogen-bond acceptors (Lipinski definition) is 2. The van der Waals surface area contributed by atoms with E-state index >= 15 is 0 Å². The number of anilines is 1. The van der Waals surface area contributed by atoms with Crippen LogP contribution < -0.4 is 5.32 Å². The van der Waals surface area contributed by atoms with Gasteiger partial charge in [-0.05, 0) is 49.7 Å². The summed E-state index contributed by atoms with van der Waals surface area (Å²) in [5.41, 5.74) is 0.954. The Labute approximate surface area is 130 Å². The zero-order valence-corrected chi connectivity index (χ0v) is 12.8. The smallest absolute Gasteiger partial charge is 0.298 e. The number of nitrogens with zero attached hydrogens (tertiary/aromatic N) is 1. The van der Waals surface area contributed by atoms with Crippen molar-refractivity contribution in [3.63, 3.8) is 0 Å². The summed E-state index contributed by atoms with van der Waals surface area (Å²) in [5, 5.41) is 2.99. The highest BCUT2D eigenvalue weighted by molar-refractivity contribution is 5.95. The van der Waals surface area contributed by atoms with E-state index in [1.54, 1.807) is 11.8 Å². The maximum atomic E-state index is 12.4. The first kappa shape index (κ1) is 14.6. The monoisotopic (exact) mass is 296 g/mol. The lowest BCUT2D eigenvalue weighted by atomic mass is 9.90. The van der Waals surface area contributed by atoms with Crippen molar-refractivity contribution in [1.82, 2.24) is 4.90 Å². The molecule has 1 heterocycles. The molecule has 1 saturated heterocycles. The lowest BCUT2D eigenvalue weighted by Crippen LogP contribution is -2.39. The van der Waals surface area contributed by atoms with Gasteiger partial charge in [-0.3, -0.25) is 9.59 Å². The molecule has 1 atom stereocenters. The van der Waals surface area contributed by atoms with Crippen LogP contribution in [0.2, 0.25) is 0 Å². The maximum Gasteiger partial charge on any atom is 0.298 e. The van der Waals surface area contributed by atoms with Gasteiger partial charge in [-0.1, -0.05) is 24.1 Å². The summed E-state index contributed by atoms with van der Waals surface area (Å²) in [7, 11) is 0. The molecule has 1 saturated carbocycles. The molecule has 1 aliphatic carbocycles. The summed E-state index contributed by atoms with van der Waals surface area (Å²) < 4.78 is 0. The van der Waals surface area contributed by atoms with Crippen molar-refractivity contribution < 1.29 is 9.59 Å². The maximum absolute atomic E-state index is 12.4. The van der Waals surface area contributed by atoms with E-state index in [9.17, 15) is 9.59 Å². The van der Waals surface area contributed by atoms with Gasteiger partial charge >= 0.3 is 0 Å². The van der Waals surface area contributed by atoms with Crippen molar-refractivity contribution >= 4 is 17.5 Å². The largest absolute Gasteiger partial charge is 0.332 e. The molecule has 1 aliphatic heterocycles. The molecule has 1 N–H and O–H groups in total. The first-order valence-electron chi connectivity index (χ1n) is 7.72. The number of carbonyl (C=O) groups excluding carboxylic acids is 2. The molecule has 114 valence electrons. The highest BCUT2D eigenvalue weighted by Gasteiger charge is 2.58. The van der Waals surface area contributed by atoms with Crippen molar-refractivity contribution in [1.29, 1.82) is 0 Å². The van der Waals surface area contributed by atoms with Gasteiger partial charge < -0.3 is 10.2 Å². The van der Waals surface area contributed by atoms with E-state index in [2.05, 4.69) is 17.2 Å². The van der Waals surface area contributed by atoms with Crippen LogP contribution in [0.1, 0.15) is 26.2 Å². The first-order chi connectivity index (χ1) is 10.6. The molecular weight excluding hydrogens is 276 g/mol. The van der Waals surface area contributed by atoms with E-state index in [0.717, 1.165) is 24.9 Å². The van der Waals surface area contributed by atoms with Crippen molar-refractivity contribution in [3.05, 3.63) is 30.3 Å². The summed E-state index contributed by atoms with van der Waals surface area (Å²) in [6, 6.07) is 9.56. The molecule has 2 amide bonds. The molecule has 4 nitrogen and oxygen atoms in total. The SMILES string of the molecule is CC#CC(=O)N1CCC2(CC1)C[C@H]2C(=O)Nc1ccccc1. The van der Waals surface area contributed by atoms with Crippen LogP contribution in [0, 0.1) is 23.2 Å². The van der Waals surface area contributed by atoms with Gasteiger partial charge in [0, 0.05) is 24.7 Å². The van der Waals surface area contributed by atoms with Gasteiger partial charge in [0.1, 0.15) is 0 Å². The zero-order valence-electron chi connectivity index (χ0n) is 12.8. The number of nitrogens with one attached hydrogen (secondary N) is 1. The Morgan fingerprint density at radius 2 is 1.91 bits per heavy atom. The second kappa shape index (κ2) is 5.84. The molecule has 1 aromatic rings. The van der Waals surface area contributed by atoms with Gasteiger partial charge in [0.25, 0.3) is 5.91 Å². The molecule has 0 radical (unpaired) electrons. The van der Waals surface area contributed by atoms with Crippen LogP contribution in [0.15, 0.2) is 30.3 Å². The van der Waals surface area contributed by atoms with Gasteiger partial charge in [0.05, 0.1) is 0 Å². The molecule has 4 heteroatoms. The Morgan fingerprint density at radius 1 is 1.23 bits per heavy atom. The predicted molar refractivity (Wildman–Crippen MR) is 84.9 cm³/mol. The van der Waals surface area contributed by atoms with Crippen molar-refractivity contribution in [2.45, 2.75) is 26.2 Å². The van der Waals surface area contributed by atoms with Gasteiger partial charge in [-0.2, -0.15) is 0 Å². The number of piperidine rings is 1. The normalized spacial score (nSPS) is 21.7. The van der Waals surface area contributed by atoms with E-state index in [-0.39, 0.29) is 23.1 Å². The van der Waals surface area contributed by atoms with Crippen LogP contribution in [-0.4, -0.2) is 29.8 Å². The first-order valence-corrected chi connectivity index (χ1v) is 7.72. The Hall–Kier alpha value is -2.28. The van der Waals surface area contributed by atoms with E-state index in [1.165, 1.54) is 0 Å². The van der Waals surface area contributed by atoms with Gasteiger partial charge in [0.15, 0.2) is 0 Å². The number of likely N-dealkylation sites (tertiary alicyclic amines) is 1. The molecule has 2 aliphatic rings. The van der Waals surface area contributed by atoms with Crippen LogP contribution in [-0.2, 0) is 9.59 Å². The van der Waals surface area contributed by atoms with Crippen molar-refractivity contribution in [2.75, 3.05) is 18.4 Å². The van der Waals surface area contributed by atoms with E-state index in [1.807, 2.05) is 30.3 Å². The van der Waals surface area contributed by atoms with Crippen LogP contribution in [0.25, 0.3) is 0 Å². The molecule has 3 rings (SSSR count).